The van der Waals surface area contributed by atoms with Gasteiger partial charge in [-0.05, 0) is 31.5 Å². The van der Waals surface area contributed by atoms with E-state index in [0.29, 0.717) is 12.6 Å². The summed E-state index contributed by atoms with van der Waals surface area (Å²) in [6.45, 7) is 6.34. The van der Waals surface area contributed by atoms with E-state index in [0.717, 1.165) is 19.0 Å². The normalized spacial score (nSPS) is 25.8. The third-order valence-electron chi connectivity index (χ3n) is 2.96. The molecule has 2 unspecified atom stereocenters. The van der Waals surface area contributed by atoms with E-state index < -0.39 is 0 Å². The summed E-state index contributed by atoms with van der Waals surface area (Å²) in [5.74, 6) is 1.02. The lowest BCUT2D eigenvalue weighted by atomic mass is 10.2. The molecule has 1 aliphatic rings. The van der Waals surface area contributed by atoms with Gasteiger partial charge in [-0.2, -0.15) is 0 Å². The highest BCUT2D eigenvalue weighted by molar-refractivity contribution is 5.42. The van der Waals surface area contributed by atoms with Gasteiger partial charge in [-0.15, -0.1) is 0 Å². The van der Waals surface area contributed by atoms with Crippen molar-refractivity contribution in [2.75, 3.05) is 24.6 Å². The zero-order valence-corrected chi connectivity index (χ0v) is 9.89. The minimum Gasteiger partial charge on any atom is -0.373 e. The van der Waals surface area contributed by atoms with E-state index in [1.807, 2.05) is 12.3 Å². The summed E-state index contributed by atoms with van der Waals surface area (Å²) in [6, 6.07) is 4.47. The van der Waals surface area contributed by atoms with Gasteiger partial charge in [0.15, 0.2) is 0 Å². The molecule has 1 aromatic heterocycles. The molecule has 2 N–H and O–H groups in total. The summed E-state index contributed by atoms with van der Waals surface area (Å²) >= 11 is 0. The molecular weight excluding hydrogens is 202 g/mol. The maximum atomic E-state index is 5.65. The Morgan fingerprint density at radius 2 is 2.44 bits per heavy atom. The molecule has 0 saturated carbocycles. The number of rotatable bonds is 2. The molecule has 2 heterocycles. The number of hydrogen-bond acceptors (Lipinski definition) is 4. The van der Waals surface area contributed by atoms with Gasteiger partial charge < -0.3 is 15.4 Å². The Balaban J connectivity index is 2.17. The molecule has 1 saturated heterocycles. The van der Waals surface area contributed by atoms with Crippen LogP contribution in [0.2, 0.25) is 0 Å². The predicted molar refractivity (Wildman–Crippen MR) is 64.6 cm³/mol. The molecule has 1 fully saturated rings. The van der Waals surface area contributed by atoms with Crippen molar-refractivity contribution in [2.45, 2.75) is 26.0 Å². The van der Waals surface area contributed by atoms with E-state index in [4.69, 9.17) is 10.5 Å². The van der Waals surface area contributed by atoms with Crippen LogP contribution in [-0.2, 0) is 4.74 Å². The van der Waals surface area contributed by atoms with Gasteiger partial charge in [0.05, 0.1) is 18.8 Å². The van der Waals surface area contributed by atoms with E-state index in [-0.39, 0.29) is 6.10 Å². The molecule has 0 amide bonds. The quantitative estimate of drug-likeness (QED) is 0.807. The molecule has 4 heteroatoms. The van der Waals surface area contributed by atoms with Crippen LogP contribution < -0.4 is 10.6 Å². The Bertz CT molecular complexity index is 356. The average molecular weight is 221 g/mol. The summed E-state index contributed by atoms with van der Waals surface area (Å²) in [4.78, 5) is 6.68. The zero-order chi connectivity index (χ0) is 11.5. The Hall–Kier alpha value is -1.13. The summed E-state index contributed by atoms with van der Waals surface area (Å²) in [5, 5.41) is 0. The first-order chi connectivity index (χ1) is 7.70. The van der Waals surface area contributed by atoms with E-state index in [1.54, 1.807) is 0 Å². The van der Waals surface area contributed by atoms with Crippen LogP contribution >= 0.6 is 0 Å². The van der Waals surface area contributed by atoms with E-state index in [1.165, 1.54) is 5.56 Å². The minimum absolute atomic E-state index is 0.124. The van der Waals surface area contributed by atoms with Gasteiger partial charge in [0.25, 0.3) is 0 Å². The van der Waals surface area contributed by atoms with Gasteiger partial charge in [0.2, 0.25) is 0 Å². The van der Waals surface area contributed by atoms with Crippen molar-refractivity contribution in [2.24, 2.45) is 5.73 Å². The van der Waals surface area contributed by atoms with Gasteiger partial charge in [0, 0.05) is 19.3 Å². The van der Waals surface area contributed by atoms with Crippen LogP contribution in [0.15, 0.2) is 18.3 Å². The monoisotopic (exact) mass is 221 g/mol. The van der Waals surface area contributed by atoms with Gasteiger partial charge in [-0.3, -0.25) is 0 Å². The van der Waals surface area contributed by atoms with Crippen molar-refractivity contribution >= 4 is 5.82 Å². The molecule has 16 heavy (non-hydrogen) atoms. The second kappa shape index (κ2) is 4.80. The molecule has 4 nitrogen and oxygen atoms in total. The van der Waals surface area contributed by atoms with Crippen molar-refractivity contribution in [1.29, 1.82) is 0 Å². The van der Waals surface area contributed by atoms with Crippen LogP contribution in [0, 0.1) is 6.92 Å². The van der Waals surface area contributed by atoms with Crippen molar-refractivity contribution in [1.82, 2.24) is 4.98 Å². The number of anilines is 1. The Morgan fingerprint density at radius 3 is 3.12 bits per heavy atom. The molecule has 0 aromatic carbocycles. The smallest absolute Gasteiger partial charge is 0.129 e. The third-order valence-corrected chi connectivity index (χ3v) is 2.96. The standard InChI is InChI=1S/C12H19N3O/c1-9-3-4-14-12(5-9)15-7-11(6-13)16-8-10(15)2/h3-5,10-11H,6-8,13H2,1-2H3. The first kappa shape index (κ1) is 11.4. The summed E-state index contributed by atoms with van der Waals surface area (Å²) in [5.41, 5.74) is 6.88. The van der Waals surface area contributed by atoms with Crippen LogP contribution in [0.25, 0.3) is 0 Å². The number of nitrogens with zero attached hydrogens (tertiary/aromatic N) is 2. The Labute approximate surface area is 96.4 Å². The largest absolute Gasteiger partial charge is 0.373 e. The van der Waals surface area contributed by atoms with Gasteiger partial charge in [-0.1, -0.05) is 0 Å². The highest BCUT2D eigenvalue weighted by Gasteiger charge is 2.25. The second-order valence-corrected chi connectivity index (χ2v) is 4.38. The predicted octanol–water partition coefficient (Wildman–Crippen LogP) is 0.942. The van der Waals surface area contributed by atoms with Crippen LogP contribution in [0.3, 0.4) is 0 Å². The molecule has 0 aliphatic carbocycles. The lowest BCUT2D eigenvalue weighted by Gasteiger charge is -2.38. The fourth-order valence-electron chi connectivity index (χ4n) is 1.96. The molecular formula is C12H19N3O. The van der Waals surface area contributed by atoms with Crippen molar-refractivity contribution in [3.63, 3.8) is 0 Å². The van der Waals surface area contributed by atoms with Crippen molar-refractivity contribution < 1.29 is 4.74 Å². The lowest BCUT2D eigenvalue weighted by Crippen LogP contribution is -2.51. The Kier molecular flexibility index (Phi) is 3.41. The Morgan fingerprint density at radius 1 is 1.62 bits per heavy atom. The fourth-order valence-corrected chi connectivity index (χ4v) is 1.96. The molecule has 2 rings (SSSR count). The second-order valence-electron chi connectivity index (χ2n) is 4.38. The minimum atomic E-state index is 0.124. The van der Waals surface area contributed by atoms with Crippen LogP contribution in [-0.4, -0.2) is 36.8 Å². The lowest BCUT2D eigenvalue weighted by molar-refractivity contribution is 0.0280. The van der Waals surface area contributed by atoms with E-state index >= 15 is 0 Å². The number of ether oxygens (including phenoxy) is 1. The molecule has 0 bridgehead atoms. The molecule has 88 valence electrons. The van der Waals surface area contributed by atoms with E-state index in [9.17, 15) is 0 Å². The topological polar surface area (TPSA) is 51.4 Å². The summed E-state index contributed by atoms with van der Waals surface area (Å²) in [6.07, 6.45) is 1.98. The molecule has 1 aromatic rings. The average Bonchev–Trinajstić information content (AvgIpc) is 2.30. The molecule has 1 aliphatic heterocycles. The first-order valence-electron chi connectivity index (χ1n) is 5.71. The fraction of sp³-hybridized carbons (Fsp3) is 0.583. The number of aromatic nitrogens is 1. The molecule has 2 atom stereocenters. The number of nitrogens with two attached hydrogens (primary N) is 1. The number of aryl methyl sites for hydroxylation is 1. The number of morpholine rings is 1. The number of hydrogen-bond donors (Lipinski definition) is 1. The zero-order valence-electron chi connectivity index (χ0n) is 9.89. The molecule has 0 radical (unpaired) electrons. The van der Waals surface area contributed by atoms with Crippen molar-refractivity contribution in [3.05, 3.63) is 23.9 Å². The maximum absolute atomic E-state index is 5.65. The SMILES string of the molecule is Cc1ccnc(N2CC(CN)OCC2C)c1. The van der Waals surface area contributed by atoms with Gasteiger partial charge >= 0.3 is 0 Å². The van der Waals surface area contributed by atoms with Crippen LogP contribution in [0.5, 0.6) is 0 Å². The number of pyridine rings is 1. The maximum Gasteiger partial charge on any atom is 0.129 e. The molecule has 0 spiro atoms. The highest BCUT2D eigenvalue weighted by Crippen LogP contribution is 2.19. The van der Waals surface area contributed by atoms with Gasteiger partial charge in [-0.25, -0.2) is 4.98 Å². The third kappa shape index (κ3) is 2.33. The van der Waals surface area contributed by atoms with Crippen LogP contribution in [0.1, 0.15) is 12.5 Å². The first-order valence-corrected chi connectivity index (χ1v) is 5.71. The summed E-state index contributed by atoms with van der Waals surface area (Å²) in [7, 11) is 0. The highest BCUT2D eigenvalue weighted by atomic mass is 16.5. The summed E-state index contributed by atoms with van der Waals surface area (Å²) < 4.78 is 5.63. The van der Waals surface area contributed by atoms with E-state index in [2.05, 4.69) is 29.8 Å². The van der Waals surface area contributed by atoms with Crippen molar-refractivity contribution in [3.8, 4) is 0 Å². The van der Waals surface area contributed by atoms with Crippen LogP contribution in [0.4, 0.5) is 5.82 Å². The van der Waals surface area contributed by atoms with Gasteiger partial charge in [0.1, 0.15) is 5.82 Å².